The van der Waals surface area contributed by atoms with Crippen molar-refractivity contribution in [1.29, 1.82) is 0 Å². The van der Waals surface area contributed by atoms with E-state index >= 15 is 0 Å². The van der Waals surface area contributed by atoms with Gasteiger partial charge in [-0.3, -0.25) is 0 Å². The molecule has 18 heavy (non-hydrogen) atoms. The summed E-state index contributed by atoms with van der Waals surface area (Å²) >= 11 is 3.35. The molecule has 0 atom stereocenters. The maximum atomic E-state index is 5.46. The van der Waals surface area contributed by atoms with Gasteiger partial charge in [0.2, 0.25) is 0 Å². The maximum Gasteiger partial charge on any atom is 0.0566 e. The van der Waals surface area contributed by atoms with E-state index in [9.17, 15) is 0 Å². The average molecular weight is 278 g/mol. The second-order valence-electron chi connectivity index (χ2n) is 3.58. The molecular weight excluding hydrogens is 260 g/mol. The van der Waals surface area contributed by atoms with E-state index in [1.165, 1.54) is 17.3 Å². The second-order valence-corrected chi connectivity index (χ2v) is 5.61. The van der Waals surface area contributed by atoms with Gasteiger partial charge in [0.15, 0.2) is 0 Å². The highest BCUT2D eigenvalue weighted by Gasteiger charge is 1.94. The van der Waals surface area contributed by atoms with Crippen molar-refractivity contribution in [2.24, 2.45) is 0 Å². The number of hydrogen-bond acceptors (Lipinski definition) is 3. The van der Waals surface area contributed by atoms with Crippen molar-refractivity contribution in [2.75, 3.05) is 24.7 Å². The van der Waals surface area contributed by atoms with Gasteiger partial charge in [0.25, 0.3) is 0 Å². The van der Waals surface area contributed by atoms with Crippen LogP contribution in [0.25, 0.3) is 6.08 Å². The smallest absolute Gasteiger partial charge is 0.0566 e. The summed E-state index contributed by atoms with van der Waals surface area (Å²) in [5.41, 5.74) is 2.51. The minimum absolute atomic E-state index is 0.740. The molecular formula is C15H18OS2. The second kappa shape index (κ2) is 10.1. The van der Waals surface area contributed by atoms with E-state index in [4.69, 9.17) is 11.2 Å². The Balaban J connectivity index is 2.03. The first-order valence-corrected chi connectivity index (χ1v) is 7.95. The Hall–Kier alpha value is -0.820. The third-order valence-electron chi connectivity index (χ3n) is 2.27. The van der Waals surface area contributed by atoms with E-state index < -0.39 is 0 Å². The van der Waals surface area contributed by atoms with E-state index in [-0.39, 0.29) is 0 Å². The minimum Gasteiger partial charge on any atom is -0.380 e. The van der Waals surface area contributed by atoms with Gasteiger partial charge in [0, 0.05) is 17.3 Å². The molecule has 0 saturated heterocycles. The number of ether oxygens (including phenoxy) is 1. The third-order valence-corrected chi connectivity index (χ3v) is 3.80. The van der Waals surface area contributed by atoms with Gasteiger partial charge in [0.05, 0.1) is 13.2 Å². The first kappa shape index (κ1) is 15.2. The topological polar surface area (TPSA) is 9.23 Å². The lowest BCUT2D eigenvalue weighted by Gasteiger charge is -2.04. The molecule has 96 valence electrons. The molecule has 0 aromatic heterocycles. The van der Waals surface area contributed by atoms with Crippen LogP contribution in [-0.2, 0) is 10.5 Å². The molecule has 0 aliphatic carbocycles. The van der Waals surface area contributed by atoms with E-state index in [1.807, 2.05) is 17.8 Å². The van der Waals surface area contributed by atoms with Crippen molar-refractivity contribution in [3.63, 3.8) is 0 Å². The van der Waals surface area contributed by atoms with Crippen molar-refractivity contribution in [1.82, 2.24) is 0 Å². The maximum absolute atomic E-state index is 5.46. The highest BCUT2D eigenvalue weighted by molar-refractivity contribution is 8.03. The molecule has 0 radical (unpaired) electrons. The summed E-state index contributed by atoms with van der Waals surface area (Å²) in [5.74, 6) is 2.92. The highest BCUT2D eigenvalue weighted by atomic mass is 32.2. The Morgan fingerprint density at radius 2 is 1.94 bits per heavy atom. The van der Waals surface area contributed by atoms with E-state index in [2.05, 4.69) is 36.1 Å². The molecule has 0 aliphatic rings. The van der Waals surface area contributed by atoms with Crippen LogP contribution in [0.2, 0.25) is 0 Å². The van der Waals surface area contributed by atoms with Gasteiger partial charge in [-0.15, -0.1) is 6.42 Å². The first-order valence-electron chi connectivity index (χ1n) is 5.81. The zero-order valence-corrected chi connectivity index (χ0v) is 12.1. The Morgan fingerprint density at radius 3 is 2.61 bits per heavy atom. The zero-order chi connectivity index (χ0) is 13.1. The first-order chi connectivity index (χ1) is 8.86. The molecule has 1 nitrogen and oxygen atoms in total. The van der Waals surface area contributed by atoms with Gasteiger partial charge in [-0.1, -0.05) is 48.7 Å². The highest BCUT2D eigenvalue weighted by Crippen LogP contribution is 2.13. The monoisotopic (exact) mass is 278 g/mol. The molecule has 0 amide bonds. The predicted molar refractivity (Wildman–Crippen MR) is 84.8 cm³/mol. The Morgan fingerprint density at radius 1 is 1.22 bits per heavy atom. The molecule has 1 aromatic carbocycles. The Bertz CT molecular complexity index is 378. The Labute approximate surface area is 118 Å². The summed E-state index contributed by atoms with van der Waals surface area (Å²) in [6, 6.07) is 8.48. The number of benzene rings is 1. The Kier molecular flexibility index (Phi) is 8.58. The third kappa shape index (κ3) is 6.80. The number of thioether (sulfide) groups is 2. The quantitative estimate of drug-likeness (QED) is 0.501. The summed E-state index contributed by atoms with van der Waals surface area (Å²) in [6.45, 7) is 5.27. The SMILES string of the molecule is C#CSCCOCCSCc1ccc(C=C)cc1. The molecule has 1 aromatic rings. The molecule has 0 fully saturated rings. The van der Waals surface area contributed by atoms with Crippen LogP contribution < -0.4 is 0 Å². The molecule has 0 bridgehead atoms. The largest absolute Gasteiger partial charge is 0.380 e. The lowest BCUT2D eigenvalue weighted by molar-refractivity contribution is 0.167. The number of rotatable bonds is 9. The lowest BCUT2D eigenvalue weighted by atomic mass is 10.1. The molecule has 0 spiro atoms. The van der Waals surface area contributed by atoms with Crippen LogP contribution in [0.3, 0.4) is 0 Å². The van der Waals surface area contributed by atoms with Gasteiger partial charge in [-0.25, -0.2) is 0 Å². The standard InChI is InChI=1S/C15H18OS2/c1-3-14-5-7-15(8-6-14)13-18-12-10-16-9-11-17-4-2/h2-3,5-8H,1,9-13H2. The average Bonchev–Trinajstić information content (AvgIpc) is 2.42. The molecule has 0 N–H and O–H groups in total. The predicted octanol–water partition coefficient (Wildman–Crippen LogP) is 3.90. The normalized spacial score (nSPS) is 9.94. The van der Waals surface area contributed by atoms with E-state index in [0.717, 1.165) is 36.0 Å². The summed E-state index contributed by atoms with van der Waals surface area (Å²) in [7, 11) is 0. The summed E-state index contributed by atoms with van der Waals surface area (Å²) < 4.78 is 5.46. The van der Waals surface area contributed by atoms with Gasteiger partial charge in [-0.2, -0.15) is 11.8 Å². The lowest BCUT2D eigenvalue weighted by Crippen LogP contribution is -2.01. The summed E-state index contributed by atoms with van der Waals surface area (Å²) in [4.78, 5) is 0. The zero-order valence-electron chi connectivity index (χ0n) is 10.4. The minimum atomic E-state index is 0.740. The van der Waals surface area contributed by atoms with Crippen molar-refractivity contribution in [3.8, 4) is 11.7 Å². The van der Waals surface area contributed by atoms with Crippen LogP contribution in [-0.4, -0.2) is 24.7 Å². The van der Waals surface area contributed by atoms with Crippen LogP contribution in [0.1, 0.15) is 11.1 Å². The molecule has 0 aliphatic heterocycles. The number of terminal acetylenes is 1. The van der Waals surface area contributed by atoms with Gasteiger partial charge in [0.1, 0.15) is 0 Å². The van der Waals surface area contributed by atoms with Crippen molar-refractivity contribution in [2.45, 2.75) is 5.75 Å². The molecule has 1 rings (SSSR count). The van der Waals surface area contributed by atoms with Crippen LogP contribution in [0.4, 0.5) is 0 Å². The summed E-state index contributed by atoms with van der Waals surface area (Å²) in [6.07, 6.45) is 6.98. The van der Waals surface area contributed by atoms with Gasteiger partial charge < -0.3 is 4.74 Å². The van der Waals surface area contributed by atoms with Crippen LogP contribution in [0.5, 0.6) is 0 Å². The fourth-order valence-corrected chi connectivity index (χ4v) is 2.45. The van der Waals surface area contributed by atoms with Crippen LogP contribution in [0, 0.1) is 11.7 Å². The summed E-state index contributed by atoms with van der Waals surface area (Å²) in [5, 5.41) is 2.53. The van der Waals surface area contributed by atoms with Crippen LogP contribution in [0.15, 0.2) is 30.8 Å². The fourth-order valence-electron chi connectivity index (χ4n) is 1.32. The van der Waals surface area contributed by atoms with Gasteiger partial charge in [-0.05, 0) is 16.4 Å². The van der Waals surface area contributed by atoms with Crippen molar-refractivity contribution in [3.05, 3.63) is 42.0 Å². The number of hydrogen-bond donors (Lipinski definition) is 0. The van der Waals surface area contributed by atoms with E-state index in [0.29, 0.717) is 0 Å². The van der Waals surface area contributed by atoms with Crippen LogP contribution >= 0.6 is 23.5 Å². The molecule has 0 heterocycles. The van der Waals surface area contributed by atoms with Crippen molar-refractivity contribution >= 4 is 29.6 Å². The van der Waals surface area contributed by atoms with Gasteiger partial charge >= 0.3 is 0 Å². The van der Waals surface area contributed by atoms with E-state index in [1.54, 1.807) is 0 Å². The molecule has 0 unspecified atom stereocenters. The molecule has 0 saturated carbocycles. The molecule has 3 heteroatoms. The van der Waals surface area contributed by atoms with Crippen molar-refractivity contribution < 1.29 is 4.74 Å². The fraction of sp³-hybridized carbons (Fsp3) is 0.333.